The summed E-state index contributed by atoms with van der Waals surface area (Å²) in [5.74, 6) is 0.714. The number of benzene rings is 6. The number of halogens is 2. The van der Waals surface area contributed by atoms with Gasteiger partial charge in [-0.05, 0) is 130 Å². The summed E-state index contributed by atoms with van der Waals surface area (Å²) in [6.45, 7) is 53.3. The zero-order valence-electron chi connectivity index (χ0n) is 63.6. The van der Waals surface area contributed by atoms with E-state index in [0.717, 1.165) is 44.5 Å². The Morgan fingerprint density at radius 3 is 0.646 bits per heavy atom. The molecule has 96 heavy (non-hydrogen) atoms. The monoisotopic (exact) mass is 1390 g/mol. The number of ether oxygens (including phenoxy) is 8. The molecule has 12 nitrogen and oxygen atoms in total. The molecule has 0 saturated heterocycles. The predicted molar refractivity (Wildman–Crippen MR) is 401 cm³/mol. The molecule has 0 saturated carbocycles. The maximum Gasteiger partial charge on any atom is 0.346 e. The molecular weight excluding hydrogens is 1290 g/mol. The lowest BCUT2D eigenvalue weighted by atomic mass is 9.79. The summed E-state index contributed by atoms with van der Waals surface area (Å²) in [4.78, 5) is 28.3. The molecule has 16 heteroatoms. The van der Waals surface area contributed by atoms with Crippen LogP contribution in [0.25, 0.3) is 11.1 Å². The van der Waals surface area contributed by atoms with Gasteiger partial charge >= 0.3 is 11.9 Å². The topological polar surface area (TPSA) is 142 Å². The molecule has 1 unspecified atom stereocenters. The summed E-state index contributed by atoms with van der Waals surface area (Å²) in [5.41, 5.74) is 1.28. The zero-order valence-corrected chi connectivity index (χ0v) is 66.9. The fourth-order valence-electron chi connectivity index (χ4n) is 12.5. The van der Waals surface area contributed by atoms with E-state index in [2.05, 4.69) is 166 Å². The Balaban J connectivity index is 2.25. The van der Waals surface area contributed by atoms with Gasteiger partial charge in [-0.1, -0.05) is 189 Å². The molecule has 0 amide bonds. The van der Waals surface area contributed by atoms with Crippen molar-refractivity contribution in [2.75, 3.05) is 42.7 Å². The Morgan fingerprint density at radius 1 is 0.323 bits per heavy atom. The van der Waals surface area contributed by atoms with Crippen molar-refractivity contribution in [2.45, 2.75) is 236 Å². The molecule has 0 N–H and O–H groups in total. The van der Waals surface area contributed by atoms with E-state index >= 15 is 9.13 Å². The zero-order chi connectivity index (χ0) is 73.3. The Bertz CT molecular complexity index is 3470. The number of carbonyl (C=O) groups is 2. The van der Waals surface area contributed by atoms with Crippen molar-refractivity contribution < 1.29 is 56.6 Å². The number of rotatable bonds is 17. The van der Waals surface area contributed by atoms with Crippen LogP contribution in [0, 0.1) is 0 Å². The van der Waals surface area contributed by atoms with E-state index in [4.69, 9.17) is 61.1 Å². The largest absolute Gasteiger partial charge is 0.496 e. The van der Waals surface area contributed by atoms with Crippen LogP contribution in [-0.2, 0) is 71.5 Å². The normalized spacial score (nSPS) is 13.8. The summed E-state index contributed by atoms with van der Waals surface area (Å²) in [6.07, 6.45) is -2.77. The van der Waals surface area contributed by atoms with Gasteiger partial charge in [0.1, 0.15) is 34.5 Å². The van der Waals surface area contributed by atoms with Crippen molar-refractivity contribution in [2.24, 2.45) is 0 Å². The van der Waals surface area contributed by atoms with Crippen molar-refractivity contribution >= 4 is 81.3 Å². The summed E-state index contributed by atoms with van der Waals surface area (Å²) >= 11 is 15.6. The third-order valence-electron chi connectivity index (χ3n) is 17.8. The lowest BCUT2D eigenvalue weighted by Gasteiger charge is -2.36. The molecule has 0 aliphatic heterocycles. The van der Waals surface area contributed by atoms with Crippen molar-refractivity contribution in [1.29, 1.82) is 0 Å². The van der Waals surface area contributed by atoms with Gasteiger partial charge in [0.2, 0.25) is 0 Å². The highest BCUT2D eigenvalue weighted by atomic mass is 35.5. The van der Waals surface area contributed by atoms with E-state index in [1.807, 2.05) is 48.5 Å². The average molecular weight is 1400 g/mol. The fourth-order valence-corrected chi connectivity index (χ4v) is 18.7. The van der Waals surface area contributed by atoms with Crippen molar-refractivity contribution in [3.63, 3.8) is 0 Å². The molecule has 6 aromatic rings. The molecule has 6 rings (SSSR count). The summed E-state index contributed by atoms with van der Waals surface area (Å²) in [6, 6.07) is 22.4. The molecule has 0 spiro atoms. The van der Waals surface area contributed by atoms with E-state index in [9.17, 15) is 9.59 Å². The van der Waals surface area contributed by atoms with Gasteiger partial charge in [0.25, 0.3) is 0 Å². The van der Waals surface area contributed by atoms with Gasteiger partial charge in [-0.3, -0.25) is 0 Å². The number of methoxy groups -OCH3 is 6. The number of hydrogen-bond acceptors (Lipinski definition) is 12. The maximum atomic E-state index is 19.4. The first-order valence-corrected chi connectivity index (χ1v) is 37.1. The van der Waals surface area contributed by atoms with Gasteiger partial charge in [-0.25, -0.2) is 9.59 Å². The standard InChI is InChI=1S/C80H110Cl2O12P2/c1-45(71(83)91-31)93-69-59(81)33-35-61(95(85,47-37-51(73(3,4)5)65(87-27)52(38-47)74(6,7)8)48-39-53(75(9,10)11)66(88-28)54(40-48)76(12,13)14)63(69)64-62(36-34-60(82)70(64)94-46(2)72(84)92-32)96(86,49-41-55(77(15,16)17)67(89-29)56(42-49)78(18,19)20)50-43-57(79(21,22)23)68(90-30)58(44-50)80(24,25)26/h33-46H,1-32H3/t45-,46?/m0/s1. The molecule has 6 aromatic carbocycles. The molecule has 0 heterocycles. The van der Waals surface area contributed by atoms with Crippen LogP contribution in [0.4, 0.5) is 0 Å². The van der Waals surface area contributed by atoms with Crippen LogP contribution in [-0.4, -0.2) is 66.8 Å². The van der Waals surface area contributed by atoms with Crippen LogP contribution in [0.2, 0.25) is 10.0 Å². The second-order valence-electron chi connectivity index (χ2n) is 33.6. The molecule has 2 atom stereocenters. The lowest BCUT2D eigenvalue weighted by molar-refractivity contribution is -0.148. The fraction of sp³-hybridized carbons (Fsp3) is 0.525. The highest BCUT2D eigenvalue weighted by Crippen LogP contribution is 2.59. The van der Waals surface area contributed by atoms with Crippen molar-refractivity contribution in [3.8, 4) is 45.6 Å². The van der Waals surface area contributed by atoms with Gasteiger partial charge < -0.3 is 47.0 Å². The maximum absolute atomic E-state index is 19.4. The third kappa shape index (κ3) is 15.4. The minimum Gasteiger partial charge on any atom is -0.496 e. The third-order valence-corrected chi connectivity index (χ3v) is 24.4. The highest BCUT2D eigenvalue weighted by molar-refractivity contribution is 7.86. The van der Waals surface area contributed by atoms with Gasteiger partial charge in [0, 0.05) is 87.5 Å². The van der Waals surface area contributed by atoms with Crippen LogP contribution in [0.5, 0.6) is 34.5 Å². The Labute approximate surface area is 585 Å². The minimum absolute atomic E-state index is 0.00320. The average Bonchev–Trinajstić information content (AvgIpc) is 0.710. The van der Waals surface area contributed by atoms with Crippen LogP contribution in [0.3, 0.4) is 0 Å². The van der Waals surface area contributed by atoms with Crippen LogP contribution in [0.1, 0.15) is 225 Å². The summed E-state index contributed by atoms with van der Waals surface area (Å²) in [5, 5.41) is 1.78. The van der Waals surface area contributed by atoms with Gasteiger partial charge in [0.15, 0.2) is 26.5 Å². The first-order valence-electron chi connectivity index (χ1n) is 33.0. The van der Waals surface area contributed by atoms with Gasteiger partial charge in [-0.15, -0.1) is 0 Å². The molecule has 0 aliphatic carbocycles. The predicted octanol–water partition coefficient (Wildman–Crippen LogP) is 18.2. The van der Waals surface area contributed by atoms with E-state index in [-0.39, 0.29) is 43.3 Å². The van der Waals surface area contributed by atoms with Crippen LogP contribution < -0.4 is 60.2 Å². The molecule has 0 aromatic heterocycles. The van der Waals surface area contributed by atoms with E-state index in [1.165, 1.54) is 28.1 Å². The van der Waals surface area contributed by atoms with Crippen molar-refractivity contribution in [1.82, 2.24) is 0 Å². The van der Waals surface area contributed by atoms with E-state index in [1.54, 1.807) is 52.7 Å². The second-order valence-corrected chi connectivity index (χ2v) is 39.9. The van der Waals surface area contributed by atoms with Crippen LogP contribution in [0.15, 0.2) is 72.8 Å². The SMILES string of the molecule is COC(=O)C(C)Oc1c(Cl)ccc(P(=O)(c2cc(C(C)(C)C)c(OC)c(C(C)(C)C)c2)c2cc(C(C)(C)C)c(OC)c(C(C)(C)C)c2)c1-c1c(P(=O)(c2cc(C(C)(C)C)c(OC)c(C(C)(C)C)c2)c2cc(C(C)(C)C)c(OC)c(C(C)(C)C)c2)ccc(Cl)c1O[C@@H](C)C(=O)OC. The smallest absolute Gasteiger partial charge is 0.346 e. The lowest BCUT2D eigenvalue weighted by Crippen LogP contribution is -2.35. The first-order chi connectivity index (χ1) is 43.7. The molecule has 0 aliphatic rings. The number of carbonyl (C=O) groups excluding carboxylic acids is 2. The minimum atomic E-state index is -4.68. The van der Waals surface area contributed by atoms with E-state index in [0.29, 0.717) is 44.2 Å². The molecule has 0 radical (unpaired) electrons. The Kier molecular flexibility index (Phi) is 22.8. The van der Waals surface area contributed by atoms with Gasteiger partial charge in [0.05, 0.1) is 52.7 Å². The molecular formula is C80H110Cl2O12P2. The molecule has 526 valence electrons. The second kappa shape index (κ2) is 27.7. The Hall–Kier alpha value is -5.90. The van der Waals surface area contributed by atoms with Gasteiger partial charge in [-0.2, -0.15) is 0 Å². The summed E-state index contributed by atoms with van der Waals surface area (Å²) < 4.78 is 89.5. The summed E-state index contributed by atoms with van der Waals surface area (Å²) in [7, 11) is -0.221. The van der Waals surface area contributed by atoms with E-state index < -0.39 is 81.8 Å². The highest BCUT2D eigenvalue weighted by Gasteiger charge is 2.47. The van der Waals surface area contributed by atoms with Crippen molar-refractivity contribution in [3.05, 3.63) is 127 Å². The number of hydrogen-bond donors (Lipinski definition) is 0. The quantitative estimate of drug-likeness (QED) is 0.0634. The first kappa shape index (κ1) is 79.1. The van der Waals surface area contributed by atoms with Crippen LogP contribution >= 0.6 is 37.5 Å². The Morgan fingerprint density at radius 2 is 0.500 bits per heavy atom. The molecule has 0 fully saturated rings. The molecule has 0 bridgehead atoms. The number of esters is 2.